The van der Waals surface area contributed by atoms with E-state index in [0.717, 1.165) is 0 Å². The number of nitrogens with one attached hydrogen (secondary N) is 5. The van der Waals surface area contributed by atoms with E-state index >= 15 is 0 Å². The molecule has 0 aliphatic carbocycles. The third-order valence-corrected chi connectivity index (χ3v) is 8.19. The van der Waals surface area contributed by atoms with Crippen molar-refractivity contribution < 1.29 is 44.1 Å². The lowest BCUT2D eigenvalue weighted by Gasteiger charge is -2.29. The molecule has 0 saturated carbocycles. The molecule has 0 bridgehead atoms. The minimum atomic E-state index is -1.35. The molecule has 14 nitrogen and oxygen atoms in total. The number of phenols is 1. The van der Waals surface area contributed by atoms with Crippen molar-refractivity contribution in [3.05, 3.63) is 65.2 Å². The molecule has 50 heavy (non-hydrogen) atoms. The Kier molecular flexibility index (Phi) is 16.4. The lowest BCUT2D eigenvalue weighted by molar-refractivity contribution is -0.133. The number of hydrogen-bond acceptors (Lipinski definition) is 8. The Morgan fingerprint density at radius 3 is 2.04 bits per heavy atom. The first-order valence-electron chi connectivity index (χ1n) is 16.7. The summed E-state index contributed by atoms with van der Waals surface area (Å²) in [7, 11) is 0. The number of aromatic carboxylic acids is 1. The second-order valence-corrected chi connectivity index (χ2v) is 13.0. The van der Waals surface area contributed by atoms with Crippen LogP contribution in [0.15, 0.2) is 48.5 Å². The average molecular weight is 698 g/mol. The highest BCUT2D eigenvalue weighted by atomic mass is 16.4. The van der Waals surface area contributed by atoms with Crippen LogP contribution in [0.5, 0.6) is 5.75 Å². The van der Waals surface area contributed by atoms with Crippen molar-refractivity contribution in [2.45, 2.75) is 104 Å². The number of benzene rings is 2. The van der Waals surface area contributed by atoms with Crippen LogP contribution in [-0.2, 0) is 36.9 Å². The fraction of sp³-hybridized carbons (Fsp3) is 0.500. The number of carboxylic acids is 1. The Morgan fingerprint density at radius 2 is 1.46 bits per heavy atom. The zero-order chi connectivity index (χ0) is 37.5. The minimum absolute atomic E-state index is 0.00473. The van der Waals surface area contributed by atoms with E-state index in [4.69, 9.17) is 0 Å². The van der Waals surface area contributed by atoms with Gasteiger partial charge in [-0.05, 0) is 60.6 Å². The first-order chi connectivity index (χ1) is 23.5. The highest BCUT2D eigenvalue weighted by Crippen LogP contribution is 2.15. The van der Waals surface area contributed by atoms with Crippen molar-refractivity contribution >= 4 is 35.5 Å². The van der Waals surface area contributed by atoms with E-state index in [2.05, 4.69) is 26.6 Å². The molecule has 0 aliphatic rings. The second kappa shape index (κ2) is 19.9. The molecule has 0 radical (unpaired) electrons. The van der Waals surface area contributed by atoms with E-state index in [1.54, 1.807) is 24.3 Å². The van der Waals surface area contributed by atoms with Gasteiger partial charge in [-0.25, -0.2) is 4.79 Å². The molecule has 5 amide bonds. The number of aliphatic hydroxyl groups excluding tert-OH is 1. The predicted molar refractivity (Wildman–Crippen MR) is 186 cm³/mol. The van der Waals surface area contributed by atoms with Crippen LogP contribution >= 0.6 is 0 Å². The van der Waals surface area contributed by atoms with E-state index in [1.807, 2.05) is 27.7 Å². The van der Waals surface area contributed by atoms with Crippen LogP contribution in [0.2, 0.25) is 0 Å². The summed E-state index contributed by atoms with van der Waals surface area (Å²) in [5, 5.41) is 43.4. The maximum absolute atomic E-state index is 13.3. The van der Waals surface area contributed by atoms with Gasteiger partial charge in [0, 0.05) is 19.9 Å². The summed E-state index contributed by atoms with van der Waals surface area (Å²) in [6.45, 7) is 10.2. The van der Waals surface area contributed by atoms with Crippen molar-refractivity contribution in [3.63, 3.8) is 0 Å². The predicted octanol–water partition coefficient (Wildman–Crippen LogP) is 1.77. The van der Waals surface area contributed by atoms with E-state index in [1.165, 1.54) is 38.1 Å². The number of phenolic OH excluding ortho intramolecular Hbond substituents is 1. The van der Waals surface area contributed by atoms with Crippen LogP contribution in [0.3, 0.4) is 0 Å². The smallest absolute Gasteiger partial charge is 0.335 e. The van der Waals surface area contributed by atoms with Crippen LogP contribution in [-0.4, -0.2) is 81.1 Å². The highest BCUT2D eigenvalue weighted by molar-refractivity contribution is 5.92. The fourth-order valence-corrected chi connectivity index (χ4v) is 5.21. The zero-order valence-corrected chi connectivity index (χ0v) is 29.5. The number of aliphatic hydroxyl groups is 1. The topological polar surface area (TPSA) is 223 Å². The quantitative estimate of drug-likeness (QED) is 0.107. The maximum atomic E-state index is 13.3. The molecule has 0 spiro atoms. The van der Waals surface area contributed by atoms with Gasteiger partial charge < -0.3 is 41.9 Å². The van der Waals surface area contributed by atoms with Crippen LogP contribution < -0.4 is 26.6 Å². The monoisotopic (exact) mass is 697 g/mol. The molecule has 0 fully saturated rings. The van der Waals surface area contributed by atoms with Gasteiger partial charge in [0.05, 0.1) is 24.1 Å². The molecule has 2 aromatic carbocycles. The zero-order valence-electron chi connectivity index (χ0n) is 29.5. The number of carbonyl (C=O) groups excluding carboxylic acids is 5. The number of aromatic hydroxyl groups is 1. The lowest BCUT2D eigenvalue weighted by Crippen LogP contribution is -2.57. The molecule has 0 heterocycles. The van der Waals surface area contributed by atoms with E-state index in [-0.39, 0.29) is 42.0 Å². The number of hydrogen-bond donors (Lipinski definition) is 8. The summed E-state index contributed by atoms with van der Waals surface area (Å²) in [5.74, 6) is -4.00. The summed E-state index contributed by atoms with van der Waals surface area (Å²) < 4.78 is 0. The van der Waals surface area contributed by atoms with Crippen molar-refractivity contribution in [2.24, 2.45) is 11.8 Å². The highest BCUT2D eigenvalue weighted by Gasteiger charge is 2.31. The molecular weight excluding hydrogens is 646 g/mol. The van der Waals surface area contributed by atoms with Crippen molar-refractivity contribution in [1.82, 2.24) is 26.6 Å². The normalized spacial score (nSPS) is 14.6. The van der Waals surface area contributed by atoms with Gasteiger partial charge in [-0.3, -0.25) is 24.0 Å². The summed E-state index contributed by atoms with van der Waals surface area (Å²) in [4.78, 5) is 75.7. The SMILES string of the molecule is CCC(C)[C@H](NC(C)=O)C(=O)N[C@@H](C)C(=O)N[C@@H](CC(C)C)[C@@H](O)CC(=O)N[C@@H](Cc1ccc(O)cc1)C(=O)NCc1cccc(C(=O)O)c1. The fourth-order valence-electron chi connectivity index (χ4n) is 5.21. The third kappa shape index (κ3) is 13.9. The molecule has 0 aliphatic heterocycles. The van der Waals surface area contributed by atoms with Gasteiger partial charge in [0.25, 0.3) is 0 Å². The van der Waals surface area contributed by atoms with Gasteiger partial charge in [0.15, 0.2) is 0 Å². The number of amides is 5. The third-order valence-electron chi connectivity index (χ3n) is 8.19. The van der Waals surface area contributed by atoms with Crippen molar-refractivity contribution in [2.75, 3.05) is 0 Å². The molecule has 274 valence electrons. The second-order valence-electron chi connectivity index (χ2n) is 13.0. The van der Waals surface area contributed by atoms with Gasteiger partial charge in [-0.1, -0.05) is 58.4 Å². The summed E-state index contributed by atoms with van der Waals surface area (Å²) in [5.41, 5.74) is 1.22. The lowest BCUT2D eigenvalue weighted by atomic mass is 9.96. The molecule has 6 atom stereocenters. The van der Waals surface area contributed by atoms with E-state index in [0.29, 0.717) is 24.0 Å². The van der Waals surface area contributed by atoms with Gasteiger partial charge in [0.2, 0.25) is 29.5 Å². The molecule has 0 saturated heterocycles. The van der Waals surface area contributed by atoms with Gasteiger partial charge in [-0.15, -0.1) is 0 Å². The summed E-state index contributed by atoms with van der Waals surface area (Å²) in [6.07, 6.45) is -0.858. The van der Waals surface area contributed by atoms with Crippen LogP contribution in [0, 0.1) is 11.8 Å². The molecule has 2 rings (SSSR count). The van der Waals surface area contributed by atoms with Gasteiger partial charge in [-0.2, -0.15) is 0 Å². The first-order valence-corrected chi connectivity index (χ1v) is 16.7. The Morgan fingerprint density at radius 1 is 0.800 bits per heavy atom. The Labute approximate surface area is 292 Å². The Hall–Kier alpha value is -4.98. The first kappa shape index (κ1) is 41.2. The molecular formula is C36H51N5O9. The Bertz CT molecular complexity index is 1480. The van der Waals surface area contributed by atoms with Gasteiger partial charge >= 0.3 is 5.97 Å². The molecule has 14 heteroatoms. The van der Waals surface area contributed by atoms with Crippen molar-refractivity contribution in [3.8, 4) is 5.75 Å². The largest absolute Gasteiger partial charge is 0.508 e. The van der Waals surface area contributed by atoms with Crippen LogP contribution in [0.1, 0.15) is 82.3 Å². The van der Waals surface area contributed by atoms with Crippen LogP contribution in [0.4, 0.5) is 0 Å². The maximum Gasteiger partial charge on any atom is 0.335 e. The standard InChI is InChI=1S/C36H51N5O9/c1-7-21(4)32(39-23(6)42)35(48)38-22(5)33(46)41-28(15-20(2)3)30(44)18-31(45)40-29(17-24-11-13-27(43)14-12-24)34(47)37-19-25-9-8-10-26(16-25)36(49)50/h8-14,16,20-22,28-30,32,43-44H,7,15,17-19H2,1-6H3,(H,37,47)(H,38,48)(H,39,42)(H,40,45)(H,41,46)(H,49,50)/t21?,22-,28-,29-,30-,32-/m0/s1. The summed E-state index contributed by atoms with van der Waals surface area (Å²) in [6, 6.07) is 8.31. The van der Waals surface area contributed by atoms with E-state index < -0.39 is 66.3 Å². The van der Waals surface area contributed by atoms with Gasteiger partial charge in [0.1, 0.15) is 23.9 Å². The van der Waals surface area contributed by atoms with E-state index in [9.17, 15) is 44.1 Å². The molecule has 2 aromatic rings. The average Bonchev–Trinajstić information content (AvgIpc) is 3.05. The molecule has 1 unspecified atom stereocenters. The number of carbonyl (C=O) groups is 6. The minimum Gasteiger partial charge on any atom is -0.508 e. The van der Waals surface area contributed by atoms with Crippen LogP contribution in [0.25, 0.3) is 0 Å². The molecule has 8 N–H and O–H groups in total. The van der Waals surface area contributed by atoms with Crippen molar-refractivity contribution in [1.29, 1.82) is 0 Å². The number of rotatable bonds is 19. The summed E-state index contributed by atoms with van der Waals surface area (Å²) >= 11 is 0. The molecule has 0 aromatic heterocycles. The number of carboxylic acid groups (broad SMARTS) is 1. The Balaban J connectivity index is 2.14.